The normalized spacial score (nSPS) is 20.6. The van der Waals surface area contributed by atoms with Crippen molar-refractivity contribution in [3.63, 3.8) is 0 Å². The van der Waals surface area contributed by atoms with Crippen molar-refractivity contribution in [2.24, 2.45) is 0 Å². The Morgan fingerprint density at radius 2 is 2.05 bits per heavy atom. The highest BCUT2D eigenvalue weighted by Gasteiger charge is 2.31. The lowest BCUT2D eigenvalue weighted by atomic mass is 10.1. The van der Waals surface area contributed by atoms with Gasteiger partial charge in [0.2, 0.25) is 10.0 Å². The van der Waals surface area contributed by atoms with Crippen LogP contribution in [0.25, 0.3) is 0 Å². The molecule has 1 saturated heterocycles. The molecular formula is C14H22N2O2S. The Morgan fingerprint density at radius 1 is 1.32 bits per heavy atom. The number of nitrogens with zero attached hydrogens (tertiary/aromatic N) is 1. The van der Waals surface area contributed by atoms with E-state index in [1.54, 1.807) is 28.6 Å². The summed E-state index contributed by atoms with van der Waals surface area (Å²) in [5.74, 6) is 0. The summed E-state index contributed by atoms with van der Waals surface area (Å²) in [7, 11) is -3.37. The Hall–Kier alpha value is -0.910. The Balaban J connectivity index is 2.27. The molecule has 0 radical (unpaired) electrons. The lowest BCUT2D eigenvalue weighted by Gasteiger charge is -2.33. The van der Waals surface area contributed by atoms with Gasteiger partial charge in [-0.3, -0.25) is 0 Å². The highest BCUT2D eigenvalue weighted by Crippen LogP contribution is 2.21. The van der Waals surface area contributed by atoms with Crippen LogP contribution >= 0.6 is 0 Å². The minimum Gasteiger partial charge on any atom is -0.315 e. The molecule has 0 amide bonds. The van der Waals surface area contributed by atoms with Gasteiger partial charge in [-0.2, -0.15) is 4.31 Å². The molecule has 1 fully saturated rings. The van der Waals surface area contributed by atoms with Gasteiger partial charge in [0.25, 0.3) is 0 Å². The van der Waals surface area contributed by atoms with E-state index in [9.17, 15) is 8.42 Å². The fourth-order valence-corrected chi connectivity index (χ4v) is 4.29. The maximum absolute atomic E-state index is 12.7. The van der Waals surface area contributed by atoms with E-state index >= 15 is 0 Å². The first-order chi connectivity index (χ1) is 9.16. The number of hydrogen-bond acceptors (Lipinski definition) is 3. The van der Waals surface area contributed by atoms with Crippen LogP contribution < -0.4 is 5.32 Å². The molecule has 0 aliphatic carbocycles. The molecule has 19 heavy (non-hydrogen) atoms. The number of rotatable bonds is 5. The molecule has 1 heterocycles. The zero-order valence-electron chi connectivity index (χ0n) is 11.4. The first-order valence-electron chi connectivity index (χ1n) is 6.94. The lowest BCUT2D eigenvalue weighted by Crippen LogP contribution is -2.48. The van der Waals surface area contributed by atoms with Gasteiger partial charge in [-0.25, -0.2) is 8.42 Å². The molecular weight excluding hydrogens is 260 g/mol. The van der Waals surface area contributed by atoms with Crippen LogP contribution in [0.4, 0.5) is 0 Å². The molecule has 1 aliphatic rings. The van der Waals surface area contributed by atoms with Crippen LogP contribution in [-0.4, -0.2) is 38.4 Å². The number of nitrogens with one attached hydrogen (secondary N) is 1. The number of piperidine rings is 1. The highest BCUT2D eigenvalue weighted by molar-refractivity contribution is 7.89. The highest BCUT2D eigenvalue weighted by atomic mass is 32.2. The van der Waals surface area contributed by atoms with Crippen LogP contribution in [0.2, 0.25) is 0 Å². The van der Waals surface area contributed by atoms with Crippen molar-refractivity contribution in [3.05, 3.63) is 30.3 Å². The van der Waals surface area contributed by atoms with Crippen molar-refractivity contribution < 1.29 is 8.42 Å². The third kappa shape index (κ3) is 3.35. The first-order valence-corrected chi connectivity index (χ1v) is 8.38. The second-order valence-electron chi connectivity index (χ2n) is 4.93. The fraction of sp³-hybridized carbons (Fsp3) is 0.571. The van der Waals surface area contributed by atoms with E-state index in [0.717, 1.165) is 32.4 Å². The SMILES string of the molecule is CCCN(C1CCCNC1)S(=O)(=O)c1ccccc1. The second kappa shape index (κ2) is 6.50. The van der Waals surface area contributed by atoms with Crippen LogP contribution in [0.1, 0.15) is 26.2 Å². The Bertz CT molecular complexity index is 481. The average Bonchev–Trinajstić information content (AvgIpc) is 2.46. The maximum Gasteiger partial charge on any atom is 0.243 e. The monoisotopic (exact) mass is 282 g/mol. The third-order valence-corrected chi connectivity index (χ3v) is 5.44. The molecule has 1 aliphatic heterocycles. The van der Waals surface area contributed by atoms with Gasteiger partial charge in [0.1, 0.15) is 0 Å². The molecule has 0 bridgehead atoms. The van der Waals surface area contributed by atoms with Gasteiger partial charge in [-0.15, -0.1) is 0 Å². The van der Waals surface area contributed by atoms with Crippen LogP contribution in [0.3, 0.4) is 0 Å². The quantitative estimate of drug-likeness (QED) is 0.896. The maximum atomic E-state index is 12.7. The second-order valence-corrected chi connectivity index (χ2v) is 6.82. The van der Waals surface area contributed by atoms with Crippen molar-refractivity contribution in [1.82, 2.24) is 9.62 Å². The van der Waals surface area contributed by atoms with E-state index in [1.807, 2.05) is 13.0 Å². The summed E-state index contributed by atoms with van der Waals surface area (Å²) >= 11 is 0. The van der Waals surface area contributed by atoms with Crippen molar-refractivity contribution in [1.29, 1.82) is 0 Å². The minimum absolute atomic E-state index is 0.0823. The predicted molar refractivity (Wildman–Crippen MR) is 76.5 cm³/mol. The molecule has 0 saturated carbocycles. The predicted octanol–water partition coefficient (Wildman–Crippen LogP) is 1.84. The molecule has 0 aromatic heterocycles. The molecule has 0 spiro atoms. The van der Waals surface area contributed by atoms with E-state index in [2.05, 4.69) is 5.32 Å². The minimum atomic E-state index is -3.37. The van der Waals surface area contributed by atoms with Gasteiger partial charge in [0, 0.05) is 19.1 Å². The van der Waals surface area contributed by atoms with E-state index in [1.165, 1.54) is 0 Å². The summed E-state index contributed by atoms with van der Waals surface area (Å²) in [5.41, 5.74) is 0. The summed E-state index contributed by atoms with van der Waals surface area (Å²) < 4.78 is 27.1. The Labute approximate surface area is 115 Å². The van der Waals surface area contributed by atoms with Gasteiger partial charge < -0.3 is 5.32 Å². The largest absolute Gasteiger partial charge is 0.315 e. The molecule has 1 unspecified atom stereocenters. The zero-order valence-corrected chi connectivity index (χ0v) is 12.2. The molecule has 2 rings (SSSR count). The average molecular weight is 282 g/mol. The molecule has 4 nitrogen and oxygen atoms in total. The van der Waals surface area contributed by atoms with E-state index in [4.69, 9.17) is 0 Å². The Kier molecular flexibility index (Phi) is 4.96. The van der Waals surface area contributed by atoms with Crippen LogP contribution in [0.15, 0.2) is 35.2 Å². The van der Waals surface area contributed by atoms with E-state index < -0.39 is 10.0 Å². The van der Waals surface area contributed by atoms with Gasteiger partial charge >= 0.3 is 0 Å². The lowest BCUT2D eigenvalue weighted by molar-refractivity contribution is 0.266. The van der Waals surface area contributed by atoms with Crippen molar-refractivity contribution >= 4 is 10.0 Å². The zero-order chi connectivity index (χ0) is 13.7. The van der Waals surface area contributed by atoms with Gasteiger partial charge in [0.05, 0.1) is 4.90 Å². The summed E-state index contributed by atoms with van der Waals surface area (Å²) in [6.07, 6.45) is 2.82. The fourth-order valence-electron chi connectivity index (χ4n) is 2.53. The molecule has 1 atom stereocenters. The summed E-state index contributed by atoms with van der Waals surface area (Å²) in [5, 5.41) is 3.29. The molecule has 106 valence electrons. The van der Waals surface area contributed by atoms with Crippen LogP contribution in [0, 0.1) is 0 Å². The van der Waals surface area contributed by atoms with Crippen LogP contribution in [-0.2, 0) is 10.0 Å². The smallest absolute Gasteiger partial charge is 0.243 e. The topological polar surface area (TPSA) is 49.4 Å². The van der Waals surface area contributed by atoms with Gasteiger partial charge in [0.15, 0.2) is 0 Å². The van der Waals surface area contributed by atoms with Crippen molar-refractivity contribution in [3.8, 4) is 0 Å². The summed E-state index contributed by atoms with van der Waals surface area (Å²) in [4.78, 5) is 0.397. The molecule has 1 aromatic carbocycles. The van der Waals surface area contributed by atoms with Crippen molar-refractivity contribution in [2.75, 3.05) is 19.6 Å². The molecule has 1 N–H and O–H groups in total. The number of hydrogen-bond donors (Lipinski definition) is 1. The Morgan fingerprint density at radius 3 is 2.63 bits per heavy atom. The van der Waals surface area contributed by atoms with Crippen LogP contribution in [0.5, 0.6) is 0 Å². The van der Waals surface area contributed by atoms with E-state index in [0.29, 0.717) is 11.4 Å². The number of benzene rings is 1. The first kappa shape index (κ1) is 14.5. The van der Waals surface area contributed by atoms with E-state index in [-0.39, 0.29) is 6.04 Å². The van der Waals surface area contributed by atoms with Gasteiger partial charge in [-0.05, 0) is 37.9 Å². The van der Waals surface area contributed by atoms with Crippen molar-refractivity contribution in [2.45, 2.75) is 37.1 Å². The standard InChI is InChI=1S/C14H22N2O2S/c1-2-11-16(13-7-6-10-15-12-13)19(17,18)14-8-4-3-5-9-14/h3-5,8-9,13,15H,2,6-7,10-12H2,1H3. The number of sulfonamides is 1. The molecule has 5 heteroatoms. The summed E-state index contributed by atoms with van der Waals surface area (Å²) in [6, 6.07) is 8.82. The summed E-state index contributed by atoms with van der Waals surface area (Å²) in [6.45, 7) is 4.35. The molecule has 1 aromatic rings. The van der Waals surface area contributed by atoms with Gasteiger partial charge in [-0.1, -0.05) is 25.1 Å². The third-order valence-electron chi connectivity index (χ3n) is 3.47.